The second-order valence-electron chi connectivity index (χ2n) is 14.9. The second-order valence-corrected chi connectivity index (χ2v) is 14.9. The first-order valence-electron chi connectivity index (χ1n) is 17.8. The summed E-state index contributed by atoms with van der Waals surface area (Å²) < 4.78 is 16.9. The van der Waals surface area contributed by atoms with Crippen molar-refractivity contribution in [2.24, 2.45) is 11.1 Å². The number of Topliss-reactive ketones (excluding diaryl/α,β-unsaturated/α-hetero) is 2. The lowest BCUT2D eigenvalue weighted by Gasteiger charge is -2.36. The van der Waals surface area contributed by atoms with E-state index in [2.05, 4.69) is 15.8 Å². The van der Waals surface area contributed by atoms with Gasteiger partial charge >= 0.3 is 6.09 Å². The first-order chi connectivity index (χ1) is 23.7. The van der Waals surface area contributed by atoms with Gasteiger partial charge in [0.15, 0.2) is 11.4 Å². The minimum absolute atomic E-state index is 0.0180. The van der Waals surface area contributed by atoms with Crippen LogP contribution in [0.25, 0.3) is 0 Å². The Labute approximate surface area is 294 Å². The highest BCUT2D eigenvalue weighted by Crippen LogP contribution is 2.41. The normalized spacial score (nSPS) is 23.2. The van der Waals surface area contributed by atoms with Gasteiger partial charge in [0.2, 0.25) is 17.6 Å². The number of nitrogens with zero attached hydrogens (tertiary/aromatic N) is 2. The van der Waals surface area contributed by atoms with Gasteiger partial charge in [0.05, 0.1) is 31.0 Å². The molecule has 0 bridgehead atoms. The number of ether oxygens (including phenoxy) is 3. The van der Waals surface area contributed by atoms with E-state index in [1.54, 1.807) is 27.9 Å². The number of amides is 3. The Morgan fingerprint density at radius 3 is 2.28 bits per heavy atom. The van der Waals surface area contributed by atoms with E-state index < -0.39 is 58.8 Å². The van der Waals surface area contributed by atoms with Crippen LogP contribution in [0.2, 0.25) is 0 Å². The third-order valence-electron chi connectivity index (χ3n) is 10.6. The summed E-state index contributed by atoms with van der Waals surface area (Å²) in [5, 5.41) is 10.0. The van der Waals surface area contributed by atoms with Gasteiger partial charge in [-0.3, -0.25) is 19.2 Å². The van der Waals surface area contributed by atoms with E-state index in [0.29, 0.717) is 18.6 Å². The molecule has 2 heterocycles. The first kappa shape index (κ1) is 37.3. The standard InChI is InChI=1S/C37H52N4O9/c1-8-29(42)30(43)26(17-23-13-14-23)38-33(44)28-19-37(18-27(40-50-37)24-15-21(2)31(47-6)22(3)16-24)20-41(28)34(45)32(36(4,5)48-7)39-35(46)49-25-11-9-10-12-25/h15-16,23,25-26,28,32H,8-14,17-20H2,1-7H3,(H,38,44)(H,39,46)/t26-,28-,32+,37+/m0/s1. The van der Waals surface area contributed by atoms with Gasteiger partial charge in [-0.05, 0) is 89.0 Å². The average Bonchev–Trinajstić information content (AvgIpc) is 3.43. The van der Waals surface area contributed by atoms with Crippen molar-refractivity contribution in [2.45, 2.75) is 134 Å². The van der Waals surface area contributed by atoms with Gasteiger partial charge in [0, 0.05) is 31.9 Å². The predicted molar refractivity (Wildman–Crippen MR) is 184 cm³/mol. The zero-order valence-electron chi connectivity index (χ0n) is 30.4. The molecule has 0 radical (unpaired) electrons. The number of benzene rings is 1. The van der Waals surface area contributed by atoms with Gasteiger partial charge < -0.3 is 34.6 Å². The fourth-order valence-corrected chi connectivity index (χ4v) is 7.40. The zero-order chi connectivity index (χ0) is 36.4. The summed E-state index contributed by atoms with van der Waals surface area (Å²) in [7, 11) is 3.07. The summed E-state index contributed by atoms with van der Waals surface area (Å²) >= 11 is 0. The average molecular weight is 697 g/mol. The Morgan fingerprint density at radius 1 is 1.04 bits per heavy atom. The number of hydrogen-bond acceptors (Lipinski definition) is 10. The van der Waals surface area contributed by atoms with Crippen molar-refractivity contribution in [3.63, 3.8) is 0 Å². The van der Waals surface area contributed by atoms with Gasteiger partial charge in [-0.25, -0.2) is 4.79 Å². The molecule has 50 heavy (non-hydrogen) atoms. The number of methoxy groups -OCH3 is 2. The topological polar surface area (TPSA) is 162 Å². The van der Waals surface area contributed by atoms with Crippen molar-refractivity contribution < 1.29 is 43.0 Å². The van der Waals surface area contributed by atoms with Gasteiger partial charge in [0.25, 0.3) is 0 Å². The Balaban J connectivity index is 1.44. The fourth-order valence-electron chi connectivity index (χ4n) is 7.40. The van der Waals surface area contributed by atoms with Crippen molar-refractivity contribution >= 4 is 35.2 Å². The molecule has 274 valence electrons. The van der Waals surface area contributed by atoms with E-state index in [-0.39, 0.29) is 31.4 Å². The van der Waals surface area contributed by atoms with Crippen LogP contribution in [0.15, 0.2) is 17.3 Å². The molecule has 4 atom stereocenters. The molecule has 0 aromatic heterocycles. The number of carbonyl (C=O) groups is 5. The lowest BCUT2D eigenvalue weighted by Crippen LogP contribution is -2.62. The maximum absolute atomic E-state index is 14.6. The van der Waals surface area contributed by atoms with E-state index in [1.165, 1.54) is 12.0 Å². The van der Waals surface area contributed by atoms with Crippen LogP contribution < -0.4 is 15.4 Å². The SMILES string of the molecule is CCC(=O)C(=O)[C@H](CC1CC1)NC(=O)[C@@H]1C[C@]2(CC(c3cc(C)c(OC)c(C)c3)=NO2)CN1C(=O)[C@@H](NC(=O)OC1CCCC1)C(C)(C)OC. The zero-order valence-corrected chi connectivity index (χ0v) is 30.4. The van der Waals surface area contributed by atoms with Gasteiger partial charge in [-0.1, -0.05) is 24.9 Å². The Bertz CT molecular complexity index is 1510. The molecule has 2 N–H and O–H groups in total. The molecule has 3 amide bonds. The summed E-state index contributed by atoms with van der Waals surface area (Å²) in [4.78, 5) is 75.1. The molecule has 5 rings (SSSR count). The van der Waals surface area contributed by atoms with Gasteiger partial charge in [0.1, 0.15) is 23.9 Å². The van der Waals surface area contributed by atoms with Gasteiger partial charge in [-0.2, -0.15) is 0 Å². The van der Waals surface area contributed by atoms with E-state index in [4.69, 9.17) is 19.0 Å². The molecule has 1 saturated heterocycles. The van der Waals surface area contributed by atoms with Crippen molar-refractivity contribution in [1.29, 1.82) is 0 Å². The quantitative estimate of drug-likeness (QED) is 0.273. The third kappa shape index (κ3) is 8.14. The number of aryl methyl sites for hydroxylation is 2. The molecule has 0 unspecified atom stereocenters. The fraction of sp³-hybridized carbons (Fsp3) is 0.676. The largest absolute Gasteiger partial charge is 0.496 e. The number of oxime groups is 1. The number of ketones is 2. The van der Waals surface area contributed by atoms with Crippen molar-refractivity contribution in [2.75, 3.05) is 20.8 Å². The van der Waals surface area contributed by atoms with Crippen molar-refractivity contribution in [3.8, 4) is 5.75 Å². The molecule has 2 aliphatic carbocycles. The number of nitrogens with one attached hydrogen (secondary N) is 2. The lowest BCUT2D eigenvalue weighted by molar-refractivity contribution is -0.147. The molecule has 2 aliphatic heterocycles. The van der Waals surface area contributed by atoms with E-state index in [1.807, 2.05) is 26.0 Å². The van der Waals surface area contributed by atoms with Crippen LogP contribution in [0.4, 0.5) is 4.79 Å². The molecule has 1 spiro atoms. The highest BCUT2D eigenvalue weighted by atomic mass is 16.7. The minimum atomic E-state index is -1.23. The third-order valence-corrected chi connectivity index (χ3v) is 10.6. The summed E-state index contributed by atoms with van der Waals surface area (Å²) in [5.74, 6) is -1.31. The maximum Gasteiger partial charge on any atom is 0.408 e. The van der Waals surface area contributed by atoms with Crippen molar-refractivity contribution in [3.05, 3.63) is 28.8 Å². The summed E-state index contributed by atoms with van der Waals surface area (Å²) in [5.41, 5.74) is 1.10. The Kier molecular flexibility index (Phi) is 11.2. The summed E-state index contributed by atoms with van der Waals surface area (Å²) in [6.45, 7) is 8.84. The monoisotopic (exact) mass is 696 g/mol. The molecule has 3 fully saturated rings. The van der Waals surface area contributed by atoms with Crippen LogP contribution in [-0.4, -0.2) is 96.3 Å². The molecule has 1 aromatic rings. The number of likely N-dealkylation sites (tertiary alicyclic amines) is 1. The summed E-state index contributed by atoms with van der Waals surface area (Å²) in [6, 6.07) is 0.607. The minimum Gasteiger partial charge on any atom is -0.496 e. The van der Waals surface area contributed by atoms with Crippen LogP contribution in [-0.2, 0) is 33.5 Å². The smallest absolute Gasteiger partial charge is 0.408 e. The van der Waals surface area contributed by atoms with Crippen LogP contribution in [0, 0.1) is 19.8 Å². The molecule has 1 aromatic carbocycles. The van der Waals surface area contributed by atoms with Gasteiger partial charge in [-0.15, -0.1) is 0 Å². The molecular formula is C37H52N4O9. The van der Waals surface area contributed by atoms with Crippen LogP contribution in [0.5, 0.6) is 5.75 Å². The highest BCUT2D eigenvalue weighted by molar-refractivity contribution is 6.39. The van der Waals surface area contributed by atoms with Crippen molar-refractivity contribution in [1.82, 2.24) is 15.5 Å². The highest BCUT2D eigenvalue weighted by Gasteiger charge is 2.56. The van der Waals surface area contributed by atoms with Crippen LogP contribution in [0.3, 0.4) is 0 Å². The number of rotatable bonds is 14. The van der Waals surface area contributed by atoms with E-state index >= 15 is 0 Å². The Morgan fingerprint density at radius 2 is 1.70 bits per heavy atom. The Hall–Kier alpha value is -4.00. The maximum atomic E-state index is 14.6. The summed E-state index contributed by atoms with van der Waals surface area (Å²) in [6.07, 6.45) is 5.07. The lowest BCUT2D eigenvalue weighted by atomic mass is 9.90. The predicted octanol–water partition coefficient (Wildman–Crippen LogP) is 4.07. The number of hydrogen-bond donors (Lipinski definition) is 2. The molecule has 2 saturated carbocycles. The molecule has 13 nitrogen and oxygen atoms in total. The first-order valence-corrected chi connectivity index (χ1v) is 17.8. The number of carbonyl (C=O) groups excluding carboxylic acids is 5. The second kappa shape index (κ2) is 15.1. The molecule has 4 aliphatic rings. The van der Waals surface area contributed by atoms with Crippen LogP contribution in [0.1, 0.15) is 102 Å². The molecular weight excluding hydrogens is 644 g/mol. The number of alkyl carbamates (subject to hydrolysis) is 1. The van der Waals surface area contributed by atoms with E-state index in [0.717, 1.165) is 61.0 Å². The van der Waals surface area contributed by atoms with E-state index in [9.17, 15) is 24.0 Å². The van der Waals surface area contributed by atoms with Crippen LogP contribution >= 0.6 is 0 Å². The molecule has 13 heteroatoms.